The lowest BCUT2D eigenvalue weighted by atomic mass is 10.0. The number of benzene rings is 2. The zero-order chi connectivity index (χ0) is 11.5. The maximum Gasteiger partial charge on any atom is 0.167 e. The molecule has 0 amide bonds. The van der Waals surface area contributed by atoms with Gasteiger partial charge in [0.15, 0.2) is 11.5 Å². The van der Waals surface area contributed by atoms with Gasteiger partial charge in [-0.05, 0) is 17.7 Å². The molecule has 0 aliphatic carbocycles. The van der Waals surface area contributed by atoms with Crippen molar-refractivity contribution in [1.82, 2.24) is 0 Å². The van der Waals surface area contributed by atoms with Gasteiger partial charge in [-0.15, -0.1) is 0 Å². The van der Waals surface area contributed by atoms with Crippen molar-refractivity contribution in [2.45, 2.75) is 0 Å². The fourth-order valence-electron chi connectivity index (χ4n) is 1.66. The van der Waals surface area contributed by atoms with Crippen molar-refractivity contribution in [1.29, 1.82) is 0 Å². The molecule has 3 heteroatoms. The lowest BCUT2D eigenvalue weighted by molar-refractivity contribution is 0.374. The maximum absolute atomic E-state index is 10.0. The van der Waals surface area contributed by atoms with Crippen LogP contribution in [0.5, 0.6) is 11.5 Å². The maximum atomic E-state index is 10.0. The van der Waals surface area contributed by atoms with E-state index in [0.29, 0.717) is 17.0 Å². The Hall–Kier alpha value is -2.16. The first-order valence-electron chi connectivity index (χ1n) is 4.95. The predicted octanol–water partition coefficient (Wildman–Crippen LogP) is 2.65. The molecule has 16 heavy (non-hydrogen) atoms. The van der Waals surface area contributed by atoms with Crippen LogP contribution in [0.2, 0.25) is 0 Å². The molecule has 0 radical (unpaired) electrons. The number of nitrogens with two attached hydrogens (primary N) is 1. The first-order chi connectivity index (χ1) is 7.74. The van der Waals surface area contributed by atoms with Crippen molar-refractivity contribution >= 4 is 5.69 Å². The third-order valence-electron chi connectivity index (χ3n) is 2.46. The molecule has 2 aromatic rings. The van der Waals surface area contributed by atoms with Crippen LogP contribution in [0.15, 0.2) is 42.5 Å². The standard InChI is InChI=1S/C13H13NO2/c1-16-11-8-7-10(14)12(13(11)15)9-5-3-2-4-6-9/h2-8,15H,14H2,1H3. The number of phenolic OH excluding ortho intramolecular Hbond substituents is 1. The topological polar surface area (TPSA) is 55.5 Å². The Morgan fingerprint density at radius 2 is 1.75 bits per heavy atom. The Kier molecular flexibility index (Phi) is 2.68. The first-order valence-corrected chi connectivity index (χ1v) is 4.95. The second-order valence-corrected chi connectivity index (χ2v) is 3.45. The number of anilines is 1. The molecule has 0 aliphatic heterocycles. The summed E-state index contributed by atoms with van der Waals surface area (Å²) in [5.74, 6) is 0.502. The van der Waals surface area contributed by atoms with E-state index in [-0.39, 0.29) is 5.75 Å². The summed E-state index contributed by atoms with van der Waals surface area (Å²) in [7, 11) is 1.51. The van der Waals surface area contributed by atoms with Gasteiger partial charge in [0.25, 0.3) is 0 Å². The van der Waals surface area contributed by atoms with Gasteiger partial charge in [0.2, 0.25) is 0 Å². The van der Waals surface area contributed by atoms with E-state index in [1.807, 2.05) is 30.3 Å². The van der Waals surface area contributed by atoms with Crippen LogP contribution < -0.4 is 10.5 Å². The molecule has 3 nitrogen and oxygen atoms in total. The molecule has 0 bridgehead atoms. The summed E-state index contributed by atoms with van der Waals surface area (Å²) in [4.78, 5) is 0. The molecule has 0 aliphatic rings. The van der Waals surface area contributed by atoms with Crippen LogP contribution in [0.25, 0.3) is 11.1 Å². The highest BCUT2D eigenvalue weighted by Crippen LogP contribution is 2.40. The second kappa shape index (κ2) is 4.14. The molecule has 0 saturated carbocycles. The van der Waals surface area contributed by atoms with E-state index < -0.39 is 0 Å². The monoisotopic (exact) mass is 215 g/mol. The van der Waals surface area contributed by atoms with Crippen molar-refractivity contribution in [3.63, 3.8) is 0 Å². The van der Waals surface area contributed by atoms with Crippen molar-refractivity contribution in [2.75, 3.05) is 12.8 Å². The molecule has 0 atom stereocenters. The van der Waals surface area contributed by atoms with Crippen molar-refractivity contribution in [3.8, 4) is 22.6 Å². The highest BCUT2D eigenvalue weighted by molar-refractivity contribution is 5.84. The van der Waals surface area contributed by atoms with E-state index in [9.17, 15) is 5.11 Å². The van der Waals surface area contributed by atoms with Gasteiger partial charge in [-0.25, -0.2) is 0 Å². The molecule has 0 heterocycles. The Labute approximate surface area is 94.1 Å². The van der Waals surface area contributed by atoms with Gasteiger partial charge in [0.1, 0.15) is 0 Å². The van der Waals surface area contributed by atoms with Crippen molar-refractivity contribution in [3.05, 3.63) is 42.5 Å². The van der Waals surface area contributed by atoms with E-state index in [1.165, 1.54) is 7.11 Å². The Bertz CT molecular complexity index is 495. The van der Waals surface area contributed by atoms with Gasteiger partial charge < -0.3 is 15.6 Å². The lowest BCUT2D eigenvalue weighted by Gasteiger charge is -2.11. The normalized spacial score (nSPS) is 10.1. The number of hydrogen-bond donors (Lipinski definition) is 2. The smallest absolute Gasteiger partial charge is 0.167 e. The zero-order valence-electron chi connectivity index (χ0n) is 8.97. The zero-order valence-corrected chi connectivity index (χ0v) is 8.97. The minimum absolute atomic E-state index is 0.0775. The minimum atomic E-state index is 0.0775. The van der Waals surface area contributed by atoms with Gasteiger partial charge in [-0.2, -0.15) is 0 Å². The summed E-state index contributed by atoms with van der Waals surface area (Å²) in [6, 6.07) is 12.9. The molecule has 0 saturated heterocycles. The van der Waals surface area contributed by atoms with Gasteiger partial charge in [0, 0.05) is 5.69 Å². The van der Waals surface area contributed by atoms with Gasteiger partial charge in [0.05, 0.1) is 12.7 Å². The minimum Gasteiger partial charge on any atom is -0.504 e. The van der Waals surface area contributed by atoms with E-state index in [4.69, 9.17) is 10.5 Å². The van der Waals surface area contributed by atoms with Crippen LogP contribution in [-0.2, 0) is 0 Å². The highest BCUT2D eigenvalue weighted by Gasteiger charge is 2.12. The van der Waals surface area contributed by atoms with Crippen LogP contribution in [0.4, 0.5) is 5.69 Å². The van der Waals surface area contributed by atoms with Gasteiger partial charge in [-0.1, -0.05) is 30.3 Å². The van der Waals surface area contributed by atoms with E-state index in [0.717, 1.165) is 5.56 Å². The first kappa shape index (κ1) is 10.4. The number of aromatic hydroxyl groups is 1. The van der Waals surface area contributed by atoms with E-state index in [1.54, 1.807) is 12.1 Å². The Morgan fingerprint density at radius 1 is 1.06 bits per heavy atom. The summed E-state index contributed by atoms with van der Waals surface area (Å²) in [5, 5.41) is 10.0. The number of nitrogen functional groups attached to an aromatic ring is 1. The third-order valence-corrected chi connectivity index (χ3v) is 2.46. The quantitative estimate of drug-likeness (QED) is 0.757. The summed E-state index contributed by atoms with van der Waals surface area (Å²) < 4.78 is 5.06. The second-order valence-electron chi connectivity index (χ2n) is 3.45. The van der Waals surface area contributed by atoms with Gasteiger partial charge >= 0.3 is 0 Å². The molecule has 2 aromatic carbocycles. The van der Waals surface area contributed by atoms with Crippen LogP contribution in [0.3, 0.4) is 0 Å². The summed E-state index contributed by atoms with van der Waals surface area (Å²) in [6.45, 7) is 0. The van der Waals surface area contributed by atoms with Crippen LogP contribution in [-0.4, -0.2) is 12.2 Å². The lowest BCUT2D eigenvalue weighted by Crippen LogP contribution is -1.93. The largest absolute Gasteiger partial charge is 0.504 e. The Balaban J connectivity index is 2.64. The molecule has 0 unspecified atom stereocenters. The molecule has 82 valence electrons. The molecular weight excluding hydrogens is 202 g/mol. The summed E-state index contributed by atoms with van der Waals surface area (Å²) in [6.07, 6.45) is 0. The van der Waals surface area contributed by atoms with Crippen molar-refractivity contribution < 1.29 is 9.84 Å². The van der Waals surface area contributed by atoms with Crippen LogP contribution in [0.1, 0.15) is 0 Å². The third kappa shape index (κ3) is 1.67. The molecule has 0 spiro atoms. The molecule has 2 rings (SSSR count). The number of methoxy groups -OCH3 is 1. The molecule has 0 aromatic heterocycles. The van der Waals surface area contributed by atoms with Crippen molar-refractivity contribution in [2.24, 2.45) is 0 Å². The molecular formula is C13H13NO2. The average Bonchev–Trinajstić information content (AvgIpc) is 2.31. The highest BCUT2D eigenvalue weighted by atomic mass is 16.5. The molecule has 0 fully saturated rings. The van der Waals surface area contributed by atoms with Gasteiger partial charge in [-0.3, -0.25) is 0 Å². The number of rotatable bonds is 2. The van der Waals surface area contributed by atoms with E-state index in [2.05, 4.69) is 0 Å². The average molecular weight is 215 g/mol. The summed E-state index contributed by atoms with van der Waals surface area (Å²) in [5.41, 5.74) is 7.88. The number of ether oxygens (including phenoxy) is 1. The van der Waals surface area contributed by atoms with Crippen LogP contribution in [0, 0.1) is 0 Å². The SMILES string of the molecule is COc1ccc(N)c(-c2ccccc2)c1O. The number of hydrogen-bond acceptors (Lipinski definition) is 3. The van der Waals surface area contributed by atoms with Crippen LogP contribution >= 0.6 is 0 Å². The van der Waals surface area contributed by atoms with E-state index >= 15 is 0 Å². The predicted molar refractivity (Wildman–Crippen MR) is 64.5 cm³/mol. The summed E-state index contributed by atoms with van der Waals surface area (Å²) >= 11 is 0. The molecule has 3 N–H and O–H groups in total. The fourth-order valence-corrected chi connectivity index (χ4v) is 1.66. The Morgan fingerprint density at radius 3 is 2.38 bits per heavy atom. The number of phenols is 1. The fraction of sp³-hybridized carbons (Fsp3) is 0.0769.